The monoisotopic (exact) mass is 294 g/mol. The molecule has 1 aromatic carbocycles. The SMILES string of the molecule is O=S(=O)(c1ccc(CCO)c2c1CCC2)C(F)(F)F. The van der Waals surface area contributed by atoms with Crippen molar-refractivity contribution in [3.05, 3.63) is 28.8 Å². The predicted molar refractivity (Wildman–Crippen MR) is 62.5 cm³/mol. The molecule has 0 saturated carbocycles. The smallest absolute Gasteiger partial charge is 0.396 e. The molecular formula is C12H13F3O3S. The topological polar surface area (TPSA) is 54.4 Å². The number of sulfone groups is 1. The van der Waals surface area contributed by atoms with Gasteiger partial charge in [-0.15, -0.1) is 0 Å². The molecule has 2 rings (SSSR count). The first-order valence-corrected chi connectivity index (χ1v) is 7.33. The summed E-state index contributed by atoms with van der Waals surface area (Å²) in [5.41, 5.74) is -3.62. The van der Waals surface area contributed by atoms with Crippen LogP contribution in [0.25, 0.3) is 0 Å². The van der Waals surface area contributed by atoms with E-state index >= 15 is 0 Å². The van der Waals surface area contributed by atoms with Crippen LogP contribution in [0.15, 0.2) is 17.0 Å². The molecule has 7 heteroatoms. The first kappa shape index (κ1) is 14.3. The molecule has 1 aliphatic carbocycles. The second-order valence-corrected chi connectivity index (χ2v) is 6.37. The number of benzene rings is 1. The van der Waals surface area contributed by atoms with E-state index in [1.807, 2.05) is 0 Å². The Morgan fingerprint density at radius 3 is 2.37 bits per heavy atom. The molecule has 0 amide bonds. The third kappa shape index (κ3) is 2.36. The van der Waals surface area contributed by atoms with E-state index in [4.69, 9.17) is 5.11 Å². The van der Waals surface area contributed by atoms with Crippen LogP contribution < -0.4 is 0 Å². The molecule has 0 radical (unpaired) electrons. The quantitative estimate of drug-likeness (QED) is 0.927. The highest BCUT2D eigenvalue weighted by atomic mass is 32.2. The maximum Gasteiger partial charge on any atom is 0.501 e. The Hall–Kier alpha value is -1.08. The molecule has 0 spiro atoms. The van der Waals surface area contributed by atoms with E-state index in [2.05, 4.69) is 0 Å². The fourth-order valence-electron chi connectivity index (χ4n) is 2.48. The Morgan fingerprint density at radius 2 is 1.79 bits per heavy atom. The second kappa shape index (κ2) is 4.79. The first-order valence-electron chi connectivity index (χ1n) is 5.85. The molecule has 1 N–H and O–H groups in total. The van der Waals surface area contributed by atoms with Gasteiger partial charge in [0.2, 0.25) is 0 Å². The lowest BCUT2D eigenvalue weighted by molar-refractivity contribution is -0.0436. The Balaban J connectivity index is 2.60. The lowest BCUT2D eigenvalue weighted by Crippen LogP contribution is -2.24. The minimum atomic E-state index is -5.30. The van der Waals surface area contributed by atoms with E-state index in [1.54, 1.807) is 0 Å². The number of hydrogen-bond acceptors (Lipinski definition) is 3. The van der Waals surface area contributed by atoms with E-state index in [0.717, 1.165) is 11.6 Å². The lowest BCUT2D eigenvalue weighted by atomic mass is 10.0. The maximum atomic E-state index is 12.6. The van der Waals surface area contributed by atoms with Crippen LogP contribution in [0, 0.1) is 0 Å². The van der Waals surface area contributed by atoms with Gasteiger partial charge < -0.3 is 5.11 Å². The molecule has 0 bridgehead atoms. The van der Waals surface area contributed by atoms with Crippen LogP contribution in [0.2, 0.25) is 0 Å². The fraction of sp³-hybridized carbons (Fsp3) is 0.500. The van der Waals surface area contributed by atoms with Crippen molar-refractivity contribution in [3.8, 4) is 0 Å². The summed E-state index contributed by atoms with van der Waals surface area (Å²) in [5.74, 6) is 0. The van der Waals surface area contributed by atoms with Gasteiger partial charge in [0.15, 0.2) is 0 Å². The number of rotatable bonds is 3. The van der Waals surface area contributed by atoms with Crippen LogP contribution in [0.3, 0.4) is 0 Å². The normalized spacial score (nSPS) is 15.6. The third-order valence-corrected chi connectivity index (χ3v) is 4.89. The van der Waals surface area contributed by atoms with Gasteiger partial charge in [-0.1, -0.05) is 6.07 Å². The number of aliphatic hydroxyl groups is 1. The van der Waals surface area contributed by atoms with Crippen molar-refractivity contribution in [3.63, 3.8) is 0 Å². The van der Waals surface area contributed by atoms with Gasteiger partial charge in [0, 0.05) is 6.61 Å². The molecule has 0 saturated heterocycles. The summed E-state index contributed by atoms with van der Waals surface area (Å²) < 4.78 is 60.8. The average molecular weight is 294 g/mol. The molecule has 19 heavy (non-hydrogen) atoms. The first-order chi connectivity index (χ1) is 8.79. The largest absolute Gasteiger partial charge is 0.501 e. The summed E-state index contributed by atoms with van der Waals surface area (Å²) in [5, 5.41) is 8.91. The van der Waals surface area contributed by atoms with Crippen LogP contribution in [0.5, 0.6) is 0 Å². The molecule has 0 atom stereocenters. The fourth-order valence-corrected chi connectivity index (χ4v) is 3.52. The minimum absolute atomic E-state index is 0.113. The molecule has 1 aliphatic rings. The summed E-state index contributed by atoms with van der Waals surface area (Å²) in [4.78, 5) is -0.630. The van der Waals surface area contributed by atoms with Gasteiger partial charge in [-0.3, -0.25) is 0 Å². The number of halogens is 3. The highest BCUT2D eigenvalue weighted by molar-refractivity contribution is 7.92. The average Bonchev–Trinajstić information content (AvgIpc) is 2.77. The highest BCUT2D eigenvalue weighted by Crippen LogP contribution is 2.37. The number of alkyl halides is 3. The van der Waals surface area contributed by atoms with E-state index < -0.39 is 20.2 Å². The lowest BCUT2D eigenvalue weighted by Gasteiger charge is -2.14. The van der Waals surface area contributed by atoms with Gasteiger partial charge in [0.05, 0.1) is 4.90 Å². The van der Waals surface area contributed by atoms with Gasteiger partial charge in [-0.25, -0.2) is 8.42 Å². The van der Waals surface area contributed by atoms with Crippen LogP contribution in [-0.2, 0) is 29.1 Å². The second-order valence-electron chi connectivity index (χ2n) is 4.46. The molecule has 1 aromatic rings. The van der Waals surface area contributed by atoms with Gasteiger partial charge in [-0.2, -0.15) is 13.2 Å². The van der Waals surface area contributed by atoms with Crippen LogP contribution >= 0.6 is 0 Å². The van der Waals surface area contributed by atoms with Crippen molar-refractivity contribution in [1.29, 1.82) is 0 Å². The zero-order valence-electron chi connectivity index (χ0n) is 10.00. The van der Waals surface area contributed by atoms with Crippen LogP contribution in [-0.4, -0.2) is 25.6 Å². The standard InChI is InChI=1S/C12H13F3O3S/c13-12(14,15)19(17,18)11-5-4-8(6-7-16)9-2-1-3-10(9)11/h4-5,16H,1-3,6-7H2. The Morgan fingerprint density at radius 1 is 1.16 bits per heavy atom. The summed E-state index contributed by atoms with van der Waals surface area (Å²) in [6.07, 6.45) is 1.86. The molecule has 0 aliphatic heterocycles. The maximum absolute atomic E-state index is 12.6. The van der Waals surface area contributed by atoms with Crippen molar-refractivity contribution in [2.24, 2.45) is 0 Å². The number of fused-ring (bicyclic) bond motifs is 1. The highest BCUT2D eigenvalue weighted by Gasteiger charge is 2.48. The van der Waals surface area contributed by atoms with E-state index in [1.165, 1.54) is 6.07 Å². The molecule has 3 nitrogen and oxygen atoms in total. The van der Waals surface area contributed by atoms with E-state index in [0.29, 0.717) is 31.2 Å². The van der Waals surface area contributed by atoms with Crippen molar-refractivity contribution < 1.29 is 26.7 Å². The van der Waals surface area contributed by atoms with Gasteiger partial charge in [0.1, 0.15) is 0 Å². The molecule has 0 unspecified atom stereocenters. The molecule has 106 valence electrons. The third-order valence-electron chi connectivity index (χ3n) is 3.31. The molecule has 0 heterocycles. The minimum Gasteiger partial charge on any atom is -0.396 e. The summed E-state index contributed by atoms with van der Waals surface area (Å²) in [6.45, 7) is -0.113. The van der Waals surface area contributed by atoms with Crippen molar-refractivity contribution in [2.45, 2.75) is 36.1 Å². The molecular weight excluding hydrogens is 281 g/mol. The summed E-state index contributed by atoms with van der Waals surface area (Å²) in [6, 6.07) is 2.39. The van der Waals surface area contributed by atoms with E-state index in [9.17, 15) is 21.6 Å². The Kier molecular flexibility index (Phi) is 3.61. The van der Waals surface area contributed by atoms with Gasteiger partial charge >= 0.3 is 5.51 Å². The number of aliphatic hydroxyl groups excluding tert-OH is 1. The molecule has 0 fully saturated rings. The number of hydrogen-bond donors (Lipinski definition) is 1. The molecule has 0 aromatic heterocycles. The zero-order valence-corrected chi connectivity index (χ0v) is 10.8. The van der Waals surface area contributed by atoms with Crippen molar-refractivity contribution in [1.82, 2.24) is 0 Å². The Labute approximate surface area is 109 Å². The summed E-state index contributed by atoms with van der Waals surface area (Å²) in [7, 11) is -5.30. The van der Waals surface area contributed by atoms with Gasteiger partial charge in [0.25, 0.3) is 9.84 Å². The predicted octanol–water partition coefficient (Wildman–Crippen LogP) is 2.00. The Bertz CT molecular complexity index is 591. The summed E-state index contributed by atoms with van der Waals surface area (Å²) >= 11 is 0. The van der Waals surface area contributed by atoms with Crippen LogP contribution in [0.4, 0.5) is 13.2 Å². The zero-order chi connectivity index (χ0) is 14.3. The van der Waals surface area contributed by atoms with Gasteiger partial charge in [-0.05, 0) is 48.4 Å². The van der Waals surface area contributed by atoms with E-state index in [-0.39, 0.29) is 12.2 Å². The van der Waals surface area contributed by atoms with Crippen molar-refractivity contribution >= 4 is 9.84 Å². The van der Waals surface area contributed by atoms with Crippen LogP contribution in [0.1, 0.15) is 23.1 Å². The van der Waals surface area contributed by atoms with Crippen molar-refractivity contribution in [2.75, 3.05) is 6.61 Å².